The summed E-state index contributed by atoms with van der Waals surface area (Å²) >= 11 is 5.41. The summed E-state index contributed by atoms with van der Waals surface area (Å²) in [5.41, 5.74) is 1.15. The maximum absolute atomic E-state index is 5.41. The maximum Gasteiger partial charge on any atom is 0.0433 e. The van der Waals surface area contributed by atoms with Crippen molar-refractivity contribution in [1.29, 1.82) is 0 Å². The molecule has 0 aromatic carbocycles. The standard InChI is InChI=1S/C6H9Cl/c1-3-4-6(2)5-7/h3-4H,1,5H2,2H3. The molecule has 0 aliphatic heterocycles. The van der Waals surface area contributed by atoms with E-state index in [0.29, 0.717) is 5.88 Å². The fourth-order valence-corrected chi connectivity index (χ4v) is 0.335. The van der Waals surface area contributed by atoms with Crippen LogP contribution in [0.25, 0.3) is 0 Å². The lowest BCUT2D eigenvalue weighted by Gasteiger charge is -1.84. The molecule has 0 saturated heterocycles. The number of rotatable bonds is 2. The zero-order valence-electron chi connectivity index (χ0n) is 4.45. The maximum atomic E-state index is 5.41. The third-order valence-corrected chi connectivity index (χ3v) is 1.03. The molecule has 0 atom stereocenters. The topological polar surface area (TPSA) is 0 Å². The minimum Gasteiger partial charge on any atom is -0.122 e. The molecule has 0 aliphatic carbocycles. The smallest absolute Gasteiger partial charge is 0.0433 e. The van der Waals surface area contributed by atoms with Gasteiger partial charge in [-0.05, 0) is 6.92 Å². The average molecular weight is 117 g/mol. The largest absolute Gasteiger partial charge is 0.122 e. The Labute approximate surface area is 49.5 Å². The van der Waals surface area contributed by atoms with Gasteiger partial charge in [-0.1, -0.05) is 24.3 Å². The van der Waals surface area contributed by atoms with E-state index < -0.39 is 0 Å². The molecule has 40 valence electrons. The molecule has 0 rings (SSSR count). The van der Waals surface area contributed by atoms with Gasteiger partial charge >= 0.3 is 0 Å². The zero-order valence-corrected chi connectivity index (χ0v) is 5.20. The lowest BCUT2D eigenvalue weighted by atomic mass is 10.3. The van der Waals surface area contributed by atoms with E-state index in [9.17, 15) is 0 Å². The van der Waals surface area contributed by atoms with Crippen LogP contribution < -0.4 is 0 Å². The lowest BCUT2D eigenvalue weighted by Crippen LogP contribution is -1.71. The van der Waals surface area contributed by atoms with Gasteiger partial charge in [-0.25, -0.2) is 0 Å². The summed E-state index contributed by atoms with van der Waals surface area (Å²) in [6, 6.07) is 0. The summed E-state index contributed by atoms with van der Waals surface area (Å²) in [6.45, 7) is 5.48. The highest BCUT2D eigenvalue weighted by atomic mass is 35.5. The van der Waals surface area contributed by atoms with Crippen molar-refractivity contribution in [3.63, 3.8) is 0 Å². The van der Waals surface area contributed by atoms with Crippen LogP contribution in [0.15, 0.2) is 24.3 Å². The Bertz CT molecular complexity index is 82.2. The van der Waals surface area contributed by atoms with Crippen LogP contribution in [0, 0.1) is 0 Å². The van der Waals surface area contributed by atoms with Crippen molar-refractivity contribution in [2.75, 3.05) is 5.88 Å². The van der Waals surface area contributed by atoms with Gasteiger partial charge in [0, 0.05) is 5.88 Å². The second-order valence-corrected chi connectivity index (χ2v) is 1.65. The van der Waals surface area contributed by atoms with Gasteiger partial charge in [-0.2, -0.15) is 0 Å². The first kappa shape index (κ1) is 6.77. The first-order chi connectivity index (χ1) is 3.31. The van der Waals surface area contributed by atoms with E-state index in [-0.39, 0.29) is 0 Å². The highest BCUT2D eigenvalue weighted by molar-refractivity contribution is 6.19. The molecule has 0 heterocycles. The summed E-state index contributed by atoms with van der Waals surface area (Å²) in [5.74, 6) is 0.603. The number of halogens is 1. The molecule has 0 fully saturated rings. The Balaban J connectivity index is 3.49. The van der Waals surface area contributed by atoms with E-state index in [1.165, 1.54) is 0 Å². The van der Waals surface area contributed by atoms with Crippen LogP contribution >= 0.6 is 11.6 Å². The Kier molecular flexibility index (Phi) is 3.81. The van der Waals surface area contributed by atoms with E-state index in [1.54, 1.807) is 6.08 Å². The van der Waals surface area contributed by atoms with E-state index in [0.717, 1.165) is 5.57 Å². The van der Waals surface area contributed by atoms with Crippen LogP contribution in [0.3, 0.4) is 0 Å². The SMILES string of the molecule is C=CC=C(C)CCl. The van der Waals surface area contributed by atoms with Gasteiger partial charge in [0.25, 0.3) is 0 Å². The molecule has 0 amide bonds. The number of hydrogen-bond donors (Lipinski definition) is 0. The Morgan fingerprint density at radius 2 is 2.43 bits per heavy atom. The fourth-order valence-electron chi connectivity index (χ4n) is 0.246. The molecule has 0 saturated carbocycles. The predicted molar refractivity (Wildman–Crippen MR) is 34.7 cm³/mol. The molecule has 0 nitrogen and oxygen atoms in total. The molecule has 0 radical (unpaired) electrons. The molecule has 0 unspecified atom stereocenters. The molecule has 0 N–H and O–H groups in total. The highest BCUT2D eigenvalue weighted by Gasteiger charge is 1.76. The van der Waals surface area contributed by atoms with Crippen molar-refractivity contribution in [1.82, 2.24) is 0 Å². The van der Waals surface area contributed by atoms with E-state index >= 15 is 0 Å². The van der Waals surface area contributed by atoms with Crippen molar-refractivity contribution >= 4 is 11.6 Å². The van der Waals surface area contributed by atoms with Crippen LogP contribution in [-0.2, 0) is 0 Å². The van der Waals surface area contributed by atoms with Crippen LogP contribution in [0.2, 0.25) is 0 Å². The molecular formula is C6H9Cl. The van der Waals surface area contributed by atoms with E-state index in [4.69, 9.17) is 11.6 Å². The molecule has 7 heavy (non-hydrogen) atoms. The Morgan fingerprint density at radius 3 is 2.57 bits per heavy atom. The third kappa shape index (κ3) is 3.60. The molecular weight excluding hydrogens is 108 g/mol. The van der Waals surface area contributed by atoms with Crippen molar-refractivity contribution in [3.05, 3.63) is 24.3 Å². The van der Waals surface area contributed by atoms with Crippen molar-refractivity contribution in [3.8, 4) is 0 Å². The summed E-state index contributed by atoms with van der Waals surface area (Å²) in [7, 11) is 0. The summed E-state index contributed by atoms with van der Waals surface area (Å²) in [4.78, 5) is 0. The zero-order chi connectivity index (χ0) is 5.70. The third-order valence-electron chi connectivity index (χ3n) is 0.613. The molecule has 0 aliphatic rings. The van der Waals surface area contributed by atoms with Crippen molar-refractivity contribution in [2.45, 2.75) is 6.92 Å². The van der Waals surface area contributed by atoms with Gasteiger partial charge in [0.05, 0.1) is 0 Å². The summed E-state index contributed by atoms with van der Waals surface area (Å²) in [5, 5.41) is 0. The molecule has 0 bridgehead atoms. The van der Waals surface area contributed by atoms with Crippen LogP contribution in [0.4, 0.5) is 0 Å². The Hall–Kier alpha value is -0.230. The van der Waals surface area contributed by atoms with E-state index in [1.807, 2.05) is 13.0 Å². The normalized spacial score (nSPS) is 11.4. The highest BCUT2D eigenvalue weighted by Crippen LogP contribution is 1.93. The first-order valence-electron chi connectivity index (χ1n) is 2.15. The van der Waals surface area contributed by atoms with Crippen molar-refractivity contribution in [2.24, 2.45) is 0 Å². The van der Waals surface area contributed by atoms with Gasteiger partial charge in [0.1, 0.15) is 0 Å². The molecule has 0 spiro atoms. The van der Waals surface area contributed by atoms with Gasteiger partial charge in [0.15, 0.2) is 0 Å². The number of alkyl halides is 1. The number of hydrogen-bond acceptors (Lipinski definition) is 0. The molecule has 0 aromatic heterocycles. The predicted octanol–water partition coefficient (Wildman–Crippen LogP) is 2.36. The van der Waals surface area contributed by atoms with Gasteiger partial charge < -0.3 is 0 Å². The van der Waals surface area contributed by atoms with Crippen LogP contribution in [0.1, 0.15) is 6.92 Å². The number of allylic oxidation sites excluding steroid dienone is 3. The van der Waals surface area contributed by atoms with Gasteiger partial charge in [0.2, 0.25) is 0 Å². The minimum atomic E-state index is 0.603. The van der Waals surface area contributed by atoms with Gasteiger partial charge in [-0.15, -0.1) is 11.6 Å². The van der Waals surface area contributed by atoms with Gasteiger partial charge in [-0.3, -0.25) is 0 Å². The van der Waals surface area contributed by atoms with Crippen LogP contribution in [-0.4, -0.2) is 5.88 Å². The molecule has 0 aromatic rings. The van der Waals surface area contributed by atoms with E-state index in [2.05, 4.69) is 6.58 Å². The Morgan fingerprint density at radius 1 is 1.86 bits per heavy atom. The molecule has 1 heteroatoms. The second kappa shape index (κ2) is 3.94. The lowest BCUT2D eigenvalue weighted by molar-refractivity contribution is 1.40. The average Bonchev–Trinajstić information content (AvgIpc) is 1.68. The quantitative estimate of drug-likeness (QED) is 0.384. The van der Waals surface area contributed by atoms with Crippen LogP contribution in [0.5, 0.6) is 0 Å². The van der Waals surface area contributed by atoms with Crippen molar-refractivity contribution < 1.29 is 0 Å². The summed E-state index contributed by atoms with van der Waals surface area (Å²) in [6.07, 6.45) is 3.63. The summed E-state index contributed by atoms with van der Waals surface area (Å²) < 4.78 is 0. The monoisotopic (exact) mass is 116 g/mol. The fraction of sp³-hybridized carbons (Fsp3) is 0.333. The first-order valence-corrected chi connectivity index (χ1v) is 2.69. The second-order valence-electron chi connectivity index (χ2n) is 1.38. The minimum absolute atomic E-state index is 0.603.